The van der Waals surface area contributed by atoms with E-state index in [4.69, 9.17) is 5.11 Å². The molecule has 4 bridgehead atoms. The largest absolute Gasteiger partial charge is 0.462 e. The molecule has 4 fully saturated rings. The predicted molar refractivity (Wildman–Crippen MR) is 97.0 cm³/mol. The van der Waals surface area contributed by atoms with Gasteiger partial charge in [0.1, 0.15) is 6.61 Å². The van der Waals surface area contributed by atoms with Crippen LogP contribution in [0.3, 0.4) is 0 Å². The Kier molecular flexibility index (Phi) is 6.66. The van der Waals surface area contributed by atoms with Crippen LogP contribution < -0.4 is 0 Å². The van der Waals surface area contributed by atoms with Gasteiger partial charge in [0, 0.05) is 5.57 Å². The molecule has 0 radical (unpaired) electrons. The Labute approximate surface area is 217 Å². The van der Waals surface area contributed by atoms with Crippen molar-refractivity contribution in [1.29, 1.82) is 0 Å². The predicted octanol–water partition coefficient (Wildman–Crippen LogP) is 3.43. The van der Waals surface area contributed by atoms with E-state index in [1.54, 1.807) is 0 Å². The van der Waals surface area contributed by atoms with E-state index in [9.17, 15) is 40.7 Å². The number of hydrogen-bond acceptors (Lipinski definition) is 7. The first-order chi connectivity index (χ1) is 18.2. The first-order valence-corrected chi connectivity index (χ1v) is 10.6. The summed E-state index contributed by atoms with van der Waals surface area (Å²) in [5.74, 6) is -50.8. The number of carbonyl (C=O) groups excluding carboxylic acids is 3. The lowest BCUT2D eigenvalue weighted by molar-refractivity contribution is -0.620. The number of rotatable bonds is 8. The minimum atomic E-state index is -7.83. The maximum atomic E-state index is 15.4. The molecular weight excluding hydrogens is 618 g/mol. The van der Waals surface area contributed by atoms with Gasteiger partial charge in [-0.1, -0.05) is 6.58 Å². The van der Waals surface area contributed by atoms with Crippen LogP contribution in [-0.4, -0.2) is 96.3 Å². The fourth-order valence-corrected chi connectivity index (χ4v) is 5.37. The third-order valence-corrected chi connectivity index (χ3v) is 7.52. The molecule has 0 aromatic rings. The maximum absolute atomic E-state index is 15.4. The van der Waals surface area contributed by atoms with E-state index in [1.807, 2.05) is 0 Å². The topological polar surface area (TPSA) is 99.1 Å². The van der Waals surface area contributed by atoms with Crippen LogP contribution in [0.25, 0.3) is 0 Å². The molecule has 4 aliphatic rings. The molecule has 0 amide bonds. The Morgan fingerprint density at radius 2 is 0.951 bits per heavy atom. The van der Waals surface area contributed by atoms with Gasteiger partial charge in [-0.3, -0.25) is 0 Å². The molecule has 7 nitrogen and oxygen atoms in total. The first kappa shape index (κ1) is 32.6. The van der Waals surface area contributed by atoms with Gasteiger partial charge in [-0.15, -0.1) is 0 Å². The summed E-state index contributed by atoms with van der Waals surface area (Å²) in [6.45, 7) is -6.39. The van der Waals surface area contributed by atoms with Crippen molar-refractivity contribution >= 4 is 17.9 Å². The molecule has 2 unspecified atom stereocenters. The second kappa shape index (κ2) is 8.36. The van der Waals surface area contributed by atoms with Gasteiger partial charge in [0.15, 0.2) is 18.6 Å². The number of aliphatic hydroxyl groups excluding tert-OH is 1. The van der Waals surface area contributed by atoms with Crippen molar-refractivity contribution < 1.29 is 95.2 Å². The summed E-state index contributed by atoms with van der Waals surface area (Å²) in [6, 6.07) is 0. The number of carbonyl (C=O) groups is 3. The van der Waals surface area contributed by atoms with Crippen LogP contribution in [0.5, 0.6) is 0 Å². The highest BCUT2D eigenvalue weighted by Crippen LogP contribution is 2.92. The molecule has 4 aliphatic carbocycles. The number of hydrogen-bond donors (Lipinski definition) is 1. The van der Waals surface area contributed by atoms with Crippen molar-refractivity contribution in [1.82, 2.24) is 0 Å². The molecule has 0 spiro atoms. The normalized spacial score (nSPS) is 37.7. The molecule has 0 aromatic carbocycles. The van der Waals surface area contributed by atoms with Gasteiger partial charge in [-0.25, -0.2) is 67.1 Å². The molecule has 1 N–H and O–H groups in total. The van der Waals surface area contributed by atoms with Gasteiger partial charge in [0.25, 0.3) is 5.92 Å². The van der Waals surface area contributed by atoms with Gasteiger partial charge in [0.05, 0.1) is 6.61 Å². The Balaban J connectivity index is 2.12. The van der Waals surface area contributed by atoms with E-state index in [0.717, 1.165) is 6.92 Å². The summed E-state index contributed by atoms with van der Waals surface area (Å²) in [7, 11) is 0. The Morgan fingerprint density at radius 1 is 0.585 bits per heavy atom. The van der Waals surface area contributed by atoms with Gasteiger partial charge in [-0.2, -0.15) is 8.78 Å². The monoisotopic (exact) mass is 632 g/mol. The zero-order valence-electron chi connectivity index (χ0n) is 19.7. The first-order valence-electron chi connectivity index (χ1n) is 10.6. The van der Waals surface area contributed by atoms with E-state index < -0.39 is 102 Å². The molecule has 2 atom stereocenters. The fourth-order valence-electron chi connectivity index (χ4n) is 5.37. The average molecular weight is 632 g/mol. The van der Waals surface area contributed by atoms with Crippen LogP contribution in [0, 0.1) is 10.8 Å². The van der Waals surface area contributed by atoms with Crippen molar-refractivity contribution in [3.05, 3.63) is 12.2 Å². The Morgan fingerprint density at radius 3 is 1.34 bits per heavy atom. The summed E-state index contributed by atoms with van der Waals surface area (Å²) in [4.78, 5) is 34.3. The summed E-state index contributed by atoms with van der Waals surface area (Å²) < 4.78 is 222. The lowest BCUT2D eigenvalue weighted by Gasteiger charge is -2.76. The zero-order valence-corrected chi connectivity index (χ0v) is 19.7. The van der Waals surface area contributed by atoms with Gasteiger partial charge in [-0.05, 0) is 6.92 Å². The molecule has 4 rings (SSSR count). The van der Waals surface area contributed by atoms with Crippen LogP contribution in [0.1, 0.15) is 6.92 Å². The lowest BCUT2D eigenvalue weighted by atomic mass is 9.33. The van der Waals surface area contributed by atoms with Crippen LogP contribution in [-0.2, 0) is 28.6 Å². The van der Waals surface area contributed by atoms with Crippen molar-refractivity contribution in [2.75, 3.05) is 26.4 Å². The van der Waals surface area contributed by atoms with Gasteiger partial charge < -0.3 is 19.3 Å². The summed E-state index contributed by atoms with van der Waals surface area (Å²) in [5, 5.41) is 9.12. The van der Waals surface area contributed by atoms with E-state index in [2.05, 4.69) is 20.8 Å². The van der Waals surface area contributed by atoms with Crippen molar-refractivity contribution in [3.8, 4) is 0 Å². The molecule has 234 valence electrons. The van der Waals surface area contributed by atoms with Crippen LogP contribution in [0.15, 0.2) is 12.2 Å². The third kappa shape index (κ3) is 2.79. The summed E-state index contributed by atoms with van der Waals surface area (Å²) in [5.41, 5.74) is -28.9. The Hall–Kier alpha value is -2.87. The molecule has 0 heterocycles. The van der Waals surface area contributed by atoms with Gasteiger partial charge in [0.2, 0.25) is 5.41 Å². The average Bonchev–Trinajstić information content (AvgIpc) is 2.82. The van der Waals surface area contributed by atoms with Crippen LogP contribution in [0.2, 0.25) is 0 Å². The molecule has 0 aliphatic heterocycles. The minimum absolute atomic E-state index is 0.269. The second-order valence-corrected chi connectivity index (χ2v) is 9.41. The number of ether oxygens (including phenoxy) is 3. The van der Waals surface area contributed by atoms with Gasteiger partial charge >= 0.3 is 58.9 Å². The minimum Gasteiger partial charge on any atom is -0.462 e. The van der Waals surface area contributed by atoms with Crippen LogP contribution in [0.4, 0.5) is 61.5 Å². The highest BCUT2D eigenvalue weighted by atomic mass is 19.3. The highest BCUT2D eigenvalue weighted by molar-refractivity contribution is 5.88. The lowest BCUT2D eigenvalue weighted by Crippen LogP contribution is -3.07. The fraction of sp³-hybridized carbons (Fsp3) is 0.750. The molecule has 41 heavy (non-hydrogen) atoms. The molecule has 0 aromatic heterocycles. The smallest absolute Gasteiger partial charge is 0.344 e. The van der Waals surface area contributed by atoms with Crippen molar-refractivity contribution in [2.24, 2.45) is 10.8 Å². The maximum Gasteiger partial charge on any atom is 0.344 e. The number of alkyl halides is 14. The molecular formula is C20H14F14O7. The molecule has 4 saturated carbocycles. The summed E-state index contributed by atoms with van der Waals surface area (Å²) >= 11 is 0. The van der Waals surface area contributed by atoms with E-state index in [1.165, 1.54) is 0 Å². The highest BCUT2D eigenvalue weighted by Gasteiger charge is 3.21. The van der Waals surface area contributed by atoms with Crippen LogP contribution >= 0.6 is 0 Å². The quantitative estimate of drug-likeness (QED) is 0.190. The standard InChI is InChI=1S/C20H14F14O7/c1-7(2)10(38)40-4-8(36)39-3-9(37)41-6-12-15(23,24)11(5-35)16(25,26)13(21,18(12,29)30)20(33,34)14(22,17(11,27)28)19(12,31)32/h35H,1,3-6H2,2H3. The number of esters is 3. The number of aliphatic hydroxyl groups is 1. The van der Waals surface area contributed by atoms with E-state index in [0.29, 0.717) is 0 Å². The molecule has 21 heteroatoms. The number of halogens is 14. The molecule has 0 saturated heterocycles. The second-order valence-electron chi connectivity index (χ2n) is 9.41. The van der Waals surface area contributed by atoms with Crippen molar-refractivity contribution in [2.45, 2.75) is 53.8 Å². The SMILES string of the molecule is C=C(C)C(=O)OCC(=O)OCC(=O)OCC12C(F)(F)C3(F)C(F)(F)C(F)(C(F)(F)C(CO)(C3(F)F)C1(F)F)C2(F)F. The summed E-state index contributed by atoms with van der Waals surface area (Å²) in [6.07, 6.45) is 0. The van der Waals surface area contributed by atoms with E-state index >= 15 is 35.1 Å². The third-order valence-electron chi connectivity index (χ3n) is 7.52. The van der Waals surface area contributed by atoms with Crippen molar-refractivity contribution in [3.63, 3.8) is 0 Å². The zero-order chi connectivity index (χ0) is 32.3. The van der Waals surface area contributed by atoms with E-state index in [-0.39, 0.29) is 5.57 Å². The Bertz CT molecular complexity index is 1160.